The van der Waals surface area contributed by atoms with Gasteiger partial charge in [0.2, 0.25) is 15.9 Å². The first-order valence-electron chi connectivity index (χ1n) is 11.2. The maximum atomic E-state index is 14.0. The quantitative estimate of drug-likeness (QED) is 0.468. The lowest BCUT2D eigenvalue weighted by atomic mass is 10.0. The number of hydrazine groups is 1. The Kier molecular flexibility index (Phi) is 10.9. The number of halogens is 4. The SMILES string of the molecule is CS(=O)(=O)N1CCN(C(=O)C[C@H](N)Cc2cc(F)c(F)cc2F)N(C(=O)CN2CCOCC2)CC1.Cl. The third kappa shape index (κ3) is 8.02. The summed E-state index contributed by atoms with van der Waals surface area (Å²) in [4.78, 5) is 28.1. The van der Waals surface area contributed by atoms with Crippen LogP contribution in [0.15, 0.2) is 12.1 Å². The van der Waals surface area contributed by atoms with Crippen LogP contribution in [0, 0.1) is 17.5 Å². The maximum absolute atomic E-state index is 14.0. The Morgan fingerprint density at radius 2 is 1.50 bits per heavy atom. The Hall–Kier alpha value is -1.97. The molecule has 0 spiro atoms. The molecular weight excluding hydrogens is 527 g/mol. The summed E-state index contributed by atoms with van der Waals surface area (Å²) in [5.41, 5.74) is 5.84. The lowest BCUT2D eigenvalue weighted by Gasteiger charge is -2.35. The Morgan fingerprint density at radius 1 is 0.944 bits per heavy atom. The van der Waals surface area contributed by atoms with Crippen molar-refractivity contribution in [3.8, 4) is 0 Å². The molecule has 0 bridgehead atoms. The van der Waals surface area contributed by atoms with E-state index < -0.39 is 39.4 Å². The van der Waals surface area contributed by atoms with E-state index >= 15 is 0 Å². The van der Waals surface area contributed by atoms with E-state index in [0.29, 0.717) is 38.4 Å². The fourth-order valence-electron chi connectivity index (χ4n) is 4.05. The van der Waals surface area contributed by atoms with Gasteiger partial charge in [-0.3, -0.25) is 19.5 Å². The zero-order chi connectivity index (χ0) is 25.8. The first-order valence-corrected chi connectivity index (χ1v) is 13.1. The summed E-state index contributed by atoms with van der Waals surface area (Å²) in [6.07, 6.45) is 0.495. The summed E-state index contributed by atoms with van der Waals surface area (Å²) in [5.74, 6) is -4.48. The number of ether oxygens (including phenoxy) is 1. The number of amides is 2. The van der Waals surface area contributed by atoms with E-state index in [-0.39, 0.29) is 69.4 Å². The molecule has 2 aliphatic rings. The van der Waals surface area contributed by atoms with Crippen LogP contribution in [0.1, 0.15) is 12.0 Å². The van der Waals surface area contributed by atoms with Crippen molar-refractivity contribution < 1.29 is 35.9 Å². The summed E-state index contributed by atoms with van der Waals surface area (Å²) in [6, 6.07) is 0.162. The smallest absolute Gasteiger partial charge is 0.255 e. The Bertz CT molecular complexity index is 1050. The Balaban J connectivity index is 0.00000456. The molecule has 2 saturated heterocycles. The highest BCUT2D eigenvalue weighted by Crippen LogP contribution is 2.17. The molecule has 2 N–H and O–H groups in total. The van der Waals surface area contributed by atoms with E-state index in [1.54, 1.807) is 0 Å². The molecule has 2 heterocycles. The number of benzene rings is 1. The van der Waals surface area contributed by atoms with Crippen LogP contribution in [0.5, 0.6) is 0 Å². The first-order chi connectivity index (χ1) is 16.5. The van der Waals surface area contributed by atoms with E-state index in [2.05, 4.69) is 0 Å². The standard InChI is InChI=1S/C21H30F3N5O5S.ClH/c1-35(32,33)27-2-4-28(29(5-3-27)21(31)14-26-6-8-34-9-7-26)20(30)12-16(25)10-15-11-18(23)19(24)13-17(15)22;/h11,13,16H,2-10,12,14,25H2,1H3;1H/t16-;/m1./s1. The molecule has 1 aromatic rings. The Morgan fingerprint density at radius 3 is 2.08 bits per heavy atom. The van der Waals surface area contributed by atoms with Crippen molar-refractivity contribution in [3.63, 3.8) is 0 Å². The van der Waals surface area contributed by atoms with Gasteiger partial charge in [0.15, 0.2) is 11.6 Å². The Labute approximate surface area is 214 Å². The third-order valence-electron chi connectivity index (χ3n) is 5.93. The van der Waals surface area contributed by atoms with Crippen molar-refractivity contribution >= 4 is 34.2 Å². The summed E-state index contributed by atoms with van der Waals surface area (Å²) >= 11 is 0. The van der Waals surface area contributed by atoms with Crippen LogP contribution < -0.4 is 5.73 Å². The number of rotatable bonds is 7. The number of carbonyl (C=O) groups excluding carboxylic acids is 2. The zero-order valence-electron chi connectivity index (χ0n) is 19.9. The summed E-state index contributed by atoms with van der Waals surface area (Å²) in [6.45, 7) is 1.98. The topological polar surface area (TPSA) is 116 Å². The van der Waals surface area contributed by atoms with E-state index in [1.165, 1.54) is 14.3 Å². The van der Waals surface area contributed by atoms with Crippen molar-refractivity contribution in [2.45, 2.75) is 18.9 Å². The van der Waals surface area contributed by atoms with Crippen LogP contribution in [-0.2, 0) is 30.8 Å². The minimum absolute atomic E-state index is 0. The molecule has 2 amide bonds. The van der Waals surface area contributed by atoms with Gasteiger partial charge in [-0.2, -0.15) is 4.31 Å². The van der Waals surface area contributed by atoms with Crippen LogP contribution in [0.4, 0.5) is 13.2 Å². The number of nitrogens with two attached hydrogens (primary N) is 1. The average Bonchev–Trinajstić information content (AvgIpc) is 3.01. The molecule has 1 atom stereocenters. The highest BCUT2D eigenvalue weighted by Gasteiger charge is 2.33. The molecule has 0 aromatic heterocycles. The molecule has 0 aliphatic carbocycles. The molecule has 2 fully saturated rings. The second-order valence-electron chi connectivity index (χ2n) is 8.61. The third-order valence-corrected chi connectivity index (χ3v) is 7.23. The van der Waals surface area contributed by atoms with Crippen LogP contribution >= 0.6 is 12.4 Å². The van der Waals surface area contributed by atoms with Crippen LogP contribution in [0.2, 0.25) is 0 Å². The largest absolute Gasteiger partial charge is 0.379 e. The number of hydrogen-bond donors (Lipinski definition) is 1. The van der Waals surface area contributed by atoms with Crippen LogP contribution in [-0.4, -0.2) is 111 Å². The van der Waals surface area contributed by atoms with Gasteiger partial charge in [0.25, 0.3) is 5.91 Å². The molecule has 3 rings (SSSR count). The lowest BCUT2D eigenvalue weighted by Crippen LogP contribution is -2.54. The van der Waals surface area contributed by atoms with Gasteiger partial charge in [-0.25, -0.2) is 26.6 Å². The molecule has 2 aliphatic heterocycles. The molecule has 0 radical (unpaired) electrons. The molecule has 1 aromatic carbocycles. The first kappa shape index (κ1) is 30.3. The fraction of sp³-hybridized carbons (Fsp3) is 0.619. The van der Waals surface area contributed by atoms with Gasteiger partial charge in [0, 0.05) is 44.7 Å². The zero-order valence-corrected chi connectivity index (χ0v) is 21.5. The normalized spacial score (nSPS) is 18.9. The average molecular weight is 558 g/mol. The minimum Gasteiger partial charge on any atom is -0.379 e. The molecule has 204 valence electrons. The highest BCUT2D eigenvalue weighted by atomic mass is 35.5. The van der Waals surface area contributed by atoms with E-state index in [1.807, 2.05) is 4.90 Å². The molecule has 10 nitrogen and oxygen atoms in total. The minimum atomic E-state index is -3.55. The summed E-state index contributed by atoms with van der Waals surface area (Å²) in [7, 11) is -3.55. The van der Waals surface area contributed by atoms with Gasteiger partial charge in [0.05, 0.1) is 39.1 Å². The molecule has 15 heteroatoms. The van der Waals surface area contributed by atoms with Crippen molar-refractivity contribution in [1.29, 1.82) is 0 Å². The number of nitrogens with zero attached hydrogens (tertiary/aromatic N) is 4. The molecule has 0 unspecified atom stereocenters. The van der Waals surface area contributed by atoms with E-state index in [0.717, 1.165) is 6.26 Å². The molecular formula is C21H31ClF3N5O5S. The van der Waals surface area contributed by atoms with Crippen molar-refractivity contribution in [2.24, 2.45) is 5.73 Å². The van der Waals surface area contributed by atoms with Gasteiger partial charge in [-0.05, 0) is 18.1 Å². The van der Waals surface area contributed by atoms with Crippen molar-refractivity contribution in [1.82, 2.24) is 19.2 Å². The van der Waals surface area contributed by atoms with Crippen LogP contribution in [0.25, 0.3) is 0 Å². The predicted molar refractivity (Wildman–Crippen MR) is 127 cm³/mol. The number of morpholine rings is 1. The van der Waals surface area contributed by atoms with Gasteiger partial charge in [0.1, 0.15) is 5.82 Å². The van der Waals surface area contributed by atoms with Crippen LogP contribution in [0.3, 0.4) is 0 Å². The van der Waals surface area contributed by atoms with Gasteiger partial charge in [-0.15, -0.1) is 12.4 Å². The summed E-state index contributed by atoms with van der Waals surface area (Å²) < 4.78 is 71.3. The van der Waals surface area contributed by atoms with E-state index in [4.69, 9.17) is 10.5 Å². The predicted octanol–water partition coefficient (Wildman–Crippen LogP) is -0.0348. The van der Waals surface area contributed by atoms with Gasteiger partial charge in [-0.1, -0.05) is 0 Å². The van der Waals surface area contributed by atoms with Gasteiger partial charge >= 0.3 is 0 Å². The lowest BCUT2D eigenvalue weighted by molar-refractivity contribution is -0.164. The number of hydrogen-bond acceptors (Lipinski definition) is 7. The number of carbonyl (C=O) groups is 2. The van der Waals surface area contributed by atoms with Crippen molar-refractivity contribution in [3.05, 3.63) is 35.1 Å². The fourth-order valence-corrected chi connectivity index (χ4v) is 4.88. The van der Waals surface area contributed by atoms with Gasteiger partial charge < -0.3 is 10.5 Å². The second-order valence-corrected chi connectivity index (χ2v) is 10.6. The highest BCUT2D eigenvalue weighted by molar-refractivity contribution is 7.88. The van der Waals surface area contributed by atoms with E-state index in [9.17, 15) is 31.2 Å². The molecule has 36 heavy (non-hydrogen) atoms. The summed E-state index contributed by atoms with van der Waals surface area (Å²) in [5, 5.41) is 2.41. The maximum Gasteiger partial charge on any atom is 0.255 e. The second kappa shape index (κ2) is 13.0. The monoisotopic (exact) mass is 557 g/mol. The number of sulfonamides is 1. The van der Waals surface area contributed by atoms with Crippen molar-refractivity contribution in [2.75, 3.05) is 65.3 Å². The molecule has 0 saturated carbocycles.